The van der Waals surface area contributed by atoms with E-state index in [1.54, 1.807) is 31.2 Å². The normalized spacial score (nSPS) is 11.4. The fourth-order valence-corrected chi connectivity index (χ4v) is 2.35. The van der Waals surface area contributed by atoms with Gasteiger partial charge in [-0.1, -0.05) is 17.7 Å². The van der Waals surface area contributed by atoms with E-state index < -0.39 is 22.9 Å². The summed E-state index contributed by atoms with van der Waals surface area (Å²) < 4.78 is 10.2. The van der Waals surface area contributed by atoms with Crippen molar-refractivity contribution < 1.29 is 24.0 Å². The smallest absolute Gasteiger partial charge is 0.339 e. The molecule has 0 aliphatic carbocycles. The van der Waals surface area contributed by atoms with Crippen molar-refractivity contribution in [1.29, 1.82) is 0 Å². The molecule has 0 unspecified atom stereocenters. The second-order valence-electron chi connectivity index (χ2n) is 5.42. The Balaban J connectivity index is 2.08. The Morgan fingerprint density at radius 1 is 1.26 bits per heavy atom. The van der Waals surface area contributed by atoms with Gasteiger partial charge in [-0.15, -0.1) is 0 Å². The van der Waals surface area contributed by atoms with Gasteiger partial charge >= 0.3 is 11.7 Å². The highest BCUT2D eigenvalue weighted by molar-refractivity contribution is 6.30. The minimum absolute atomic E-state index is 0.0470. The summed E-state index contributed by atoms with van der Waals surface area (Å²) in [5.74, 6) is -1.38. The molecular weight excluding hydrogens is 376 g/mol. The van der Waals surface area contributed by atoms with Crippen LogP contribution in [0.1, 0.15) is 24.2 Å². The van der Waals surface area contributed by atoms with E-state index in [0.717, 1.165) is 6.07 Å². The molecule has 1 atom stereocenters. The van der Waals surface area contributed by atoms with E-state index in [1.807, 2.05) is 0 Å². The predicted molar refractivity (Wildman–Crippen MR) is 99.2 cm³/mol. The van der Waals surface area contributed by atoms with Gasteiger partial charge < -0.3 is 14.8 Å². The number of rotatable bonds is 7. The van der Waals surface area contributed by atoms with Crippen LogP contribution in [0.4, 0.5) is 11.4 Å². The van der Waals surface area contributed by atoms with E-state index in [1.165, 1.54) is 19.1 Å². The third-order valence-corrected chi connectivity index (χ3v) is 3.67. The third-order valence-electron chi connectivity index (χ3n) is 3.44. The van der Waals surface area contributed by atoms with Gasteiger partial charge in [0.25, 0.3) is 5.91 Å². The zero-order chi connectivity index (χ0) is 20.0. The molecule has 0 saturated heterocycles. The van der Waals surface area contributed by atoms with Gasteiger partial charge in [-0.25, -0.2) is 4.79 Å². The highest BCUT2D eigenvalue weighted by atomic mass is 35.5. The molecule has 0 bridgehead atoms. The molecular formula is C18H17ClN2O6. The lowest BCUT2D eigenvalue weighted by molar-refractivity contribution is -0.385. The van der Waals surface area contributed by atoms with E-state index in [9.17, 15) is 19.7 Å². The van der Waals surface area contributed by atoms with Crippen molar-refractivity contribution in [3.8, 4) is 5.75 Å². The number of hydrogen-bond acceptors (Lipinski definition) is 6. The summed E-state index contributed by atoms with van der Waals surface area (Å²) in [6.45, 7) is 3.32. The van der Waals surface area contributed by atoms with Gasteiger partial charge in [-0.2, -0.15) is 0 Å². The summed E-state index contributed by atoms with van der Waals surface area (Å²) in [7, 11) is 0. The fraction of sp³-hybridized carbons (Fsp3) is 0.222. The quantitative estimate of drug-likeness (QED) is 0.436. The summed E-state index contributed by atoms with van der Waals surface area (Å²) in [5, 5.41) is 14.1. The highest BCUT2D eigenvalue weighted by Crippen LogP contribution is 2.28. The summed E-state index contributed by atoms with van der Waals surface area (Å²) in [5.41, 5.74) is 0.0296. The van der Waals surface area contributed by atoms with Crippen LogP contribution in [0, 0.1) is 10.1 Å². The van der Waals surface area contributed by atoms with Crippen LogP contribution >= 0.6 is 11.6 Å². The zero-order valence-electron chi connectivity index (χ0n) is 14.6. The molecule has 27 heavy (non-hydrogen) atoms. The summed E-state index contributed by atoms with van der Waals surface area (Å²) in [4.78, 5) is 34.8. The molecule has 0 heterocycles. The first-order valence-electron chi connectivity index (χ1n) is 8.00. The van der Waals surface area contributed by atoms with Crippen molar-refractivity contribution in [3.63, 3.8) is 0 Å². The van der Waals surface area contributed by atoms with E-state index in [0.29, 0.717) is 10.7 Å². The number of nitro groups is 1. The Hall–Kier alpha value is -3.13. The summed E-state index contributed by atoms with van der Waals surface area (Å²) in [6, 6.07) is 10.2. The molecule has 1 amide bonds. The Morgan fingerprint density at radius 2 is 2.00 bits per heavy atom. The first-order valence-corrected chi connectivity index (χ1v) is 8.38. The van der Waals surface area contributed by atoms with Crippen LogP contribution in [-0.2, 0) is 9.53 Å². The Kier molecular flexibility index (Phi) is 6.73. The molecule has 0 spiro atoms. The summed E-state index contributed by atoms with van der Waals surface area (Å²) >= 11 is 5.85. The van der Waals surface area contributed by atoms with Crippen molar-refractivity contribution in [1.82, 2.24) is 0 Å². The number of amides is 1. The fourth-order valence-electron chi connectivity index (χ4n) is 2.16. The van der Waals surface area contributed by atoms with Crippen LogP contribution < -0.4 is 10.1 Å². The van der Waals surface area contributed by atoms with Gasteiger partial charge in [0.2, 0.25) is 0 Å². The number of carbonyl (C=O) groups is 2. The molecule has 2 rings (SSSR count). The first-order chi connectivity index (χ1) is 12.8. The second kappa shape index (κ2) is 9.00. The number of nitro benzene ring substituents is 1. The minimum atomic E-state index is -1.12. The number of ether oxygens (including phenoxy) is 2. The van der Waals surface area contributed by atoms with Crippen molar-refractivity contribution in [2.24, 2.45) is 0 Å². The standard InChI is InChI=1S/C18H17ClN2O6/c1-3-26-16-8-7-12(9-15(16)21(24)25)18(23)27-11(2)17(22)20-14-6-4-5-13(19)10-14/h4-11H,3H2,1-2H3,(H,20,22)/t11-/m0/s1. The van der Waals surface area contributed by atoms with Crippen LogP contribution in [0.2, 0.25) is 5.02 Å². The molecule has 8 nitrogen and oxygen atoms in total. The molecule has 0 fully saturated rings. The van der Waals surface area contributed by atoms with E-state index in [2.05, 4.69) is 5.32 Å². The molecule has 0 aromatic heterocycles. The number of carbonyl (C=O) groups excluding carboxylic acids is 2. The Morgan fingerprint density at radius 3 is 2.63 bits per heavy atom. The average molecular weight is 393 g/mol. The van der Waals surface area contributed by atoms with Crippen molar-refractivity contribution >= 4 is 34.9 Å². The Labute approximate surface area is 160 Å². The van der Waals surface area contributed by atoms with Gasteiger partial charge in [0.15, 0.2) is 11.9 Å². The first kappa shape index (κ1) is 20.2. The number of benzene rings is 2. The molecule has 2 aromatic carbocycles. The molecule has 0 saturated carbocycles. The molecule has 2 aromatic rings. The second-order valence-corrected chi connectivity index (χ2v) is 5.86. The highest BCUT2D eigenvalue weighted by Gasteiger charge is 2.23. The number of anilines is 1. The topological polar surface area (TPSA) is 108 Å². The zero-order valence-corrected chi connectivity index (χ0v) is 15.4. The summed E-state index contributed by atoms with van der Waals surface area (Å²) in [6.07, 6.45) is -1.12. The molecule has 9 heteroatoms. The molecule has 0 radical (unpaired) electrons. The van der Waals surface area contributed by atoms with E-state index >= 15 is 0 Å². The van der Waals surface area contributed by atoms with Crippen molar-refractivity contribution in [3.05, 3.63) is 63.2 Å². The number of nitrogens with zero attached hydrogens (tertiary/aromatic N) is 1. The number of halogens is 1. The lowest BCUT2D eigenvalue weighted by Crippen LogP contribution is -2.30. The van der Waals surface area contributed by atoms with Gasteiger partial charge in [0.05, 0.1) is 17.1 Å². The number of hydrogen-bond donors (Lipinski definition) is 1. The molecule has 0 aliphatic heterocycles. The van der Waals surface area contributed by atoms with Crippen LogP contribution in [-0.4, -0.2) is 29.5 Å². The lowest BCUT2D eigenvalue weighted by atomic mass is 10.2. The SMILES string of the molecule is CCOc1ccc(C(=O)O[C@@H](C)C(=O)Nc2cccc(Cl)c2)cc1[N+](=O)[O-]. The maximum atomic E-state index is 12.2. The molecule has 1 N–H and O–H groups in total. The van der Waals surface area contributed by atoms with Gasteiger partial charge in [0.1, 0.15) is 0 Å². The molecule has 0 aliphatic rings. The third kappa shape index (κ3) is 5.42. The maximum Gasteiger partial charge on any atom is 0.339 e. The lowest BCUT2D eigenvalue weighted by Gasteiger charge is -2.14. The van der Waals surface area contributed by atoms with E-state index in [4.69, 9.17) is 21.1 Å². The van der Waals surface area contributed by atoms with Gasteiger partial charge in [0, 0.05) is 16.8 Å². The number of esters is 1. The van der Waals surface area contributed by atoms with Crippen molar-refractivity contribution in [2.45, 2.75) is 20.0 Å². The minimum Gasteiger partial charge on any atom is -0.487 e. The maximum absolute atomic E-state index is 12.2. The van der Waals surface area contributed by atoms with Crippen LogP contribution in [0.3, 0.4) is 0 Å². The van der Waals surface area contributed by atoms with E-state index in [-0.39, 0.29) is 23.6 Å². The van der Waals surface area contributed by atoms with Gasteiger partial charge in [-0.3, -0.25) is 14.9 Å². The van der Waals surface area contributed by atoms with Crippen LogP contribution in [0.15, 0.2) is 42.5 Å². The number of nitrogens with one attached hydrogen (secondary N) is 1. The monoisotopic (exact) mass is 392 g/mol. The van der Waals surface area contributed by atoms with Crippen LogP contribution in [0.5, 0.6) is 5.75 Å². The predicted octanol–water partition coefficient (Wildman–Crippen LogP) is 3.83. The largest absolute Gasteiger partial charge is 0.487 e. The van der Waals surface area contributed by atoms with Crippen molar-refractivity contribution in [2.75, 3.05) is 11.9 Å². The van der Waals surface area contributed by atoms with Crippen LogP contribution in [0.25, 0.3) is 0 Å². The van der Waals surface area contributed by atoms with Gasteiger partial charge in [-0.05, 0) is 44.2 Å². The Bertz CT molecular complexity index is 871. The average Bonchev–Trinajstić information content (AvgIpc) is 2.62. The molecule has 142 valence electrons.